The Kier molecular flexibility index (Phi) is 8.44. The number of allylic oxidation sites excluding steroid dienone is 1. The largest absolute Gasteiger partial charge is 0.375 e. The van der Waals surface area contributed by atoms with Crippen LogP contribution >= 0.6 is 15.6 Å². The highest BCUT2D eigenvalue weighted by molar-refractivity contribution is 7.69. The second kappa shape index (κ2) is 9.83. The van der Waals surface area contributed by atoms with Gasteiger partial charge in [0.1, 0.15) is 19.2 Å². The number of carbonyl (C=O) groups is 2. The molecule has 6 nitrogen and oxygen atoms in total. The van der Waals surface area contributed by atoms with Crippen LogP contribution in [0.1, 0.15) is 32.6 Å². The standard InChI is InChI=1S/C21H37NO5P2/c1-20(25-2)17(13-14-26-29(5,6)7)19(24)22-21(20,15-23)18(27-28(3)4)16-11-9-8-10-12-16/h9,11,15-18H,8,10,12-14H2,1-7H3/p+1/t16-,17+,18+,20+,21-/m1/s1. The van der Waals surface area contributed by atoms with E-state index in [4.69, 9.17) is 13.8 Å². The topological polar surface area (TPSA) is 73.9 Å². The van der Waals surface area contributed by atoms with Crippen LogP contribution < -0.4 is 5.32 Å². The number of nitrogens with one attached hydrogen (secondary N) is 1. The van der Waals surface area contributed by atoms with Gasteiger partial charge in [-0.15, -0.1) is 0 Å². The van der Waals surface area contributed by atoms with Crippen LogP contribution in [0.4, 0.5) is 0 Å². The third-order valence-corrected chi connectivity index (χ3v) is 7.69. The van der Waals surface area contributed by atoms with Crippen LogP contribution in [0.2, 0.25) is 0 Å². The minimum Gasteiger partial charge on any atom is -0.375 e. The minimum atomic E-state index is -1.41. The van der Waals surface area contributed by atoms with Gasteiger partial charge in [-0.1, -0.05) is 12.2 Å². The predicted octanol–water partition coefficient (Wildman–Crippen LogP) is 3.70. The molecule has 0 bridgehead atoms. The lowest BCUT2D eigenvalue weighted by Gasteiger charge is -2.47. The summed E-state index contributed by atoms with van der Waals surface area (Å²) < 4.78 is 18.3. The highest BCUT2D eigenvalue weighted by Gasteiger charge is 2.67. The molecule has 0 radical (unpaired) electrons. The summed E-state index contributed by atoms with van der Waals surface area (Å²) in [6.45, 7) is 12.7. The molecule has 1 N–H and O–H groups in total. The van der Waals surface area contributed by atoms with E-state index < -0.39 is 38.8 Å². The number of aldehydes is 1. The van der Waals surface area contributed by atoms with Crippen molar-refractivity contribution in [1.82, 2.24) is 5.32 Å². The van der Waals surface area contributed by atoms with Crippen molar-refractivity contribution in [2.75, 3.05) is 47.0 Å². The van der Waals surface area contributed by atoms with Gasteiger partial charge in [-0.2, -0.15) is 0 Å². The fourth-order valence-corrected chi connectivity index (χ4v) is 5.93. The second-order valence-electron chi connectivity index (χ2n) is 9.21. The maximum atomic E-state index is 13.1. The Morgan fingerprint density at radius 1 is 1.38 bits per heavy atom. The van der Waals surface area contributed by atoms with Crippen molar-refractivity contribution in [3.8, 4) is 0 Å². The Morgan fingerprint density at radius 3 is 2.55 bits per heavy atom. The van der Waals surface area contributed by atoms with Crippen molar-refractivity contribution >= 4 is 27.8 Å². The van der Waals surface area contributed by atoms with E-state index in [1.165, 1.54) is 0 Å². The quantitative estimate of drug-likeness (QED) is 0.315. The molecular weight excluding hydrogens is 408 g/mol. The minimum absolute atomic E-state index is 0.0594. The summed E-state index contributed by atoms with van der Waals surface area (Å²) >= 11 is 0. The van der Waals surface area contributed by atoms with Gasteiger partial charge >= 0.3 is 0 Å². The Hall–Kier alpha value is -0.380. The number of amides is 1. The zero-order valence-corrected chi connectivity index (χ0v) is 20.7. The fourth-order valence-electron chi connectivity index (χ4n) is 4.50. The van der Waals surface area contributed by atoms with Crippen LogP contribution in [0.3, 0.4) is 0 Å². The predicted molar refractivity (Wildman–Crippen MR) is 121 cm³/mol. The molecule has 0 aromatic carbocycles. The van der Waals surface area contributed by atoms with Gasteiger partial charge in [0.15, 0.2) is 11.8 Å². The van der Waals surface area contributed by atoms with Crippen LogP contribution in [0, 0.1) is 11.8 Å². The number of methoxy groups -OCH3 is 1. The molecular formula is C21H38NO5P2+. The van der Waals surface area contributed by atoms with E-state index in [9.17, 15) is 9.59 Å². The van der Waals surface area contributed by atoms with E-state index in [1.54, 1.807) is 7.11 Å². The molecule has 2 aliphatic rings. The van der Waals surface area contributed by atoms with E-state index in [0.717, 1.165) is 25.5 Å². The summed E-state index contributed by atoms with van der Waals surface area (Å²) in [7, 11) is -0.573. The second-order valence-corrected chi connectivity index (χ2v) is 15.1. The lowest BCUT2D eigenvalue weighted by atomic mass is 9.69. The number of carbonyl (C=O) groups excluding carboxylic acids is 2. The molecule has 1 saturated heterocycles. The molecule has 0 unspecified atom stereocenters. The normalized spacial score (nSPS) is 33.7. The summed E-state index contributed by atoms with van der Waals surface area (Å²) in [5.74, 6) is -0.589. The molecule has 166 valence electrons. The van der Waals surface area contributed by atoms with E-state index >= 15 is 0 Å². The molecule has 0 aromatic rings. The van der Waals surface area contributed by atoms with Gasteiger partial charge in [-0.25, -0.2) is 4.52 Å². The zero-order chi connectivity index (χ0) is 21.9. The third-order valence-electron chi connectivity index (χ3n) is 6.08. The SMILES string of the molecule is CO[C@@]1(C)[C@@H](CCO[P+](C)(C)C)C(=O)N[C@]1(C=O)[C@@H](OP(C)C)[C@@H]1C=CCCC1. The third kappa shape index (κ3) is 5.28. The first kappa shape index (κ1) is 24.9. The van der Waals surface area contributed by atoms with Crippen LogP contribution in [0.5, 0.6) is 0 Å². The summed E-state index contributed by atoms with van der Waals surface area (Å²) in [5, 5.41) is 3.03. The maximum absolute atomic E-state index is 13.1. The molecule has 0 spiro atoms. The highest BCUT2D eigenvalue weighted by atomic mass is 31.2. The van der Waals surface area contributed by atoms with E-state index in [1.807, 2.05) is 20.3 Å². The Morgan fingerprint density at radius 2 is 2.07 bits per heavy atom. The van der Waals surface area contributed by atoms with Gasteiger partial charge in [0.25, 0.3) is 0 Å². The van der Waals surface area contributed by atoms with Crippen molar-refractivity contribution in [3.63, 3.8) is 0 Å². The molecule has 29 heavy (non-hydrogen) atoms. The Bertz CT molecular complexity index is 621. The summed E-state index contributed by atoms with van der Waals surface area (Å²) in [6.07, 6.45) is 8.20. The van der Waals surface area contributed by atoms with Gasteiger partial charge in [-0.3, -0.25) is 4.79 Å². The summed E-state index contributed by atoms with van der Waals surface area (Å²) in [5.41, 5.74) is -2.26. The average molecular weight is 446 g/mol. The fraction of sp³-hybridized carbons (Fsp3) is 0.810. The molecule has 2 rings (SSSR count). The van der Waals surface area contributed by atoms with Gasteiger partial charge in [0.2, 0.25) is 5.91 Å². The van der Waals surface area contributed by atoms with Gasteiger partial charge in [-0.05, 0) is 45.9 Å². The lowest BCUT2D eigenvalue weighted by Crippen LogP contribution is -2.68. The summed E-state index contributed by atoms with van der Waals surface area (Å²) in [6, 6.07) is 0. The summed E-state index contributed by atoms with van der Waals surface area (Å²) in [4.78, 5) is 25.8. The van der Waals surface area contributed by atoms with Crippen molar-refractivity contribution in [1.29, 1.82) is 0 Å². The molecule has 1 amide bonds. The molecule has 0 saturated carbocycles. The van der Waals surface area contributed by atoms with Crippen LogP contribution in [0.15, 0.2) is 12.2 Å². The molecule has 8 heteroatoms. The van der Waals surface area contributed by atoms with Gasteiger partial charge in [0, 0.05) is 21.2 Å². The monoisotopic (exact) mass is 446 g/mol. The van der Waals surface area contributed by atoms with E-state index in [-0.39, 0.29) is 11.8 Å². The highest BCUT2D eigenvalue weighted by Crippen LogP contribution is 2.51. The molecule has 0 aromatic heterocycles. The number of ether oxygens (including phenoxy) is 1. The molecule has 1 aliphatic heterocycles. The van der Waals surface area contributed by atoms with Crippen LogP contribution in [-0.4, -0.2) is 76.5 Å². The van der Waals surface area contributed by atoms with Gasteiger partial charge in [0.05, 0.1) is 32.5 Å². The smallest absolute Gasteiger partial charge is 0.227 e. The van der Waals surface area contributed by atoms with Crippen molar-refractivity contribution in [2.24, 2.45) is 11.8 Å². The maximum Gasteiger partial charge on any atom is 0.227 e. The van der Waals surface area contributed by atoms with Crippen LogP contribution in [-0.2, 0) is 23.4 Å². The van der Waals surface area contributed by atoms with E-state index in [0.29, 0.717) is 13.0 Å². The first-order chi connectivity index (χ1) is 13.5. The molecule has 1 aliphatic carbocycles. The average Bonchev–Trinajstić information content (AvgIpc) is 2.88. The first-order valence-corrected chi connectivity index (χ1v) is 15.5. The van der Waals surface area contributed by atoms with Gasteiger partial charge < -0.3 is 19.4 Å². The molecule has 1 heterocycles. The van der Waals surface area contributed by atoms with Crippen molar-refractivity contribution in [2.45, 2.75) is 49.9 Å². The molecule has 5 atom stereocenters. The lowest BCUT2D eigenvalue weighted by molar-refractivity contribution is -0.143. The zero-order valence-electron chi connectivity index (χ0n) is 18.9. The van der Waals surface area contributed by atoms with E-state index in [2.05, 4.69) is 37.5 Å². The van der Waals surface area contributed by atoms with Crippen LogP contribution in [0.25, 0.3) is 0 Å². The number of hydrogen-bond acceptors (Lipinski definition) is 5. The number of hydrogen-bond donors (Lipinski definition) is 1. The molecule has 1 fully saturated rings. The Balaban J connectivity index is 2.41. The van der Waals surface area contributed by atoms with Crippen molar-refractivity contribution < 1.29 is 23.4 Å². The van der Waals surface area contributed by atoms with Crippen molar-refractivity contribution in [3.05, 3.63) is 12.2 Å². The first-order valence-electron chi connectivity index (χ1n) is 10.3. The Labute approximate surface area is 177 Å². The number of rotatable bonds is 10.